The van der Waals surface area contributed by atoms with Gasteiger partial charge in [0, 0.05) is 19.8 Å². The van der Waals surface area contributed by atoms with Gasteiger partial charge in [-0.15, -0.1) is 0 Å². The molecule has 0 aliphatic heterocycles. The first-order valence-corrected chi connectivity index (χ1v) is 5.23. The molecule has 1 rings (SSSR count). The number of nitrogens with zero attached hydrogens (tertiary/aromatic N) is 1. The summed E-state index contributed by atoms with van der Waals surface area (Å²) in [5, 5.41) is 2.90. The van der Waals surface area contributed by atoms with Crippen molar-refractivity contribution in [3.63, 3.8) is 0 Å². The number of nitrogens with one attached hydrogen (secondary N) is 1. The minimum atomic E-state index is -4.41. The predicted octanol–water partition coefficient (Wildman–Crippen LogP) is 2.94. The van der Waals surface area contributed by atoms with Crippen LogP contribution in [0.3, 0.4) is 0 Å². The van der Waals surface area contributed by atoms with Gasteiger partial charge in [0.05, 0.1) is 0 Å². The Bertz CT molecular complexity index is 355. The van der Waals surface area contributed by atoms with Crippen molar-refractivity contribution in [1.82, 2.24) is 4.98 Å². The first kappa shape index (κ1) is 13.8. The van der Waals surface area contributed by atoms with Crippen molar-refractivity contribution < 1.29 is 17.9 Å². The highest BCUT2D eigenvalue weighted by molar-refractivity contribution is 5.36. The number of hydrogen-bond acceptors (Lipinski definition) is 3. The first-order chi connectivity index (χ1) is 7.93. The molecule has 0 radical (unpaired) electrons. The van der Waals surface area contributed by atoms with Crippen LogP contribution in [0, 0.1) is 0 Å². The third-order valence-corrected chi connectivity index (χ3v) is 2.19. The van der Waals surface area contributed by atoms with E-state index in [1.807, 2.05) is 6.92 Å². The van der Waals surface area contributed by atoms with Gasteiger partial charge < -0.3 is 10.1 Å². The van der Waals surface area contributed by atoms with Crippen LogP contribution >= 0.6 is 0 Å². The van der Waals surface area contributed by atoms with Crippen LogP contribution < -0.4 is 5.32 Å². The number of pyridine rings is 1. The van der Waals surface area contributed by atoms with E-state index in [9.17, 15) is 13.2 Å². The van der Waals surface area contributed by atoms with Crippen LogP contribution in [0.5, 0.6) is 0 Å². The van der Waals surface area contributed by atoms with Gasteiger partial charge in [-0.2, -0.15) is 13.2 Å². The molecule has 0 saturated heterocycles. The van der Waals surface area contributed by atoms with E-state index in [0.29, 0.717) is 13.0 Å². The zero-order valence-electron chi connectivity index (χ0n) is 9.71. The van der Waals surface area contributed by atoms with Crippen LogP contribution in [0.25, 0.3) is 0 Å². The Kier molecular flexibility index (Phi) is 4.74. The zero-order chi connectivity index (χ0) is 12.9. The summed E-state index contributed by atoms with van der Waals surface area (Å²) in [6.45, 7) is 2.41. The number of methoxy groups -OCH3 is 1. The van der Waals surface area contributed by atoms with Gasteiger partial charge in [0.25, 0.3) is 0 Å². The van der Waals surface area contributed by atoms with E-state index in [0.717, 1.165) is 6.07 Å². The SMILES string of the molecule is COCCC(C)Nc1cccc(C(F)(F)F)n1. The molecule has 1 N–H and O–H groups in total. The van der Waals surface area contributed by atoms with E-state index in [1.165, 1.54) is 12.1 Å². The van der Waals surface area contributed by atoms with Crippen molar-refractivity contribution in [2.45, 2.75) is 25.6 Å². The number of aromatic nitrogens is 1. The van der Waals surface area contributed by atoms with Crippen LogP contribution in [0.4, 0.5) is 19.0 Å². The molecule has 96 valence electrons. The summed E-state index contributed by atoms with van der Waals surface area (Å²) in [6.07, 6.45) is -3.71. The van der Waals surface area contributed by atoms with Gasteiger partial charge in [0.2, 0.25) is 0 Å². The summed E-state index contributed by atoms with van der Waals surface area (Å²) in [6, 6.07) is 3.80. The molecule has 0 fully saturated rings. The highest BCUT2D eigenvalue weighted by Gasteiger charge is 2.32. The van der Waals surface area contributed by atoms with E-state index in [1.54, 1.807) is 7.11 Å². The van der Waals surface area contributed by atoms with Crippen molar-refractivity contribution >= 4 is 5.82 Å². The molecule has 1 heterocycles. The van der Waals surface area contributed by atoms with Gasteiger partial charge in [0.1, 0.15) is 11.5 Å². The average Bonchev–Trinajstić information content (AvgIpc) is 2.25. The Morgan fingerprint density at radius 3 is 2.71 bits per heavy atom. The summed E-state index contributed by atoms with van der Waals surface area (Å²) in [5.41, 5.74) is -0.888. The molecule has 0 spiro atoms. The monoisotopic (exact) mass is 248 g/mol. The molecule has 0 aromatic carbocycles. The lowest BCUT2D eigenvalue weighted by Crippen LogP contribution is -2.19. The van der Waals surface area contributed by atoms with Crippen LogP contribution in [0.1, 0.15) is 19.0 Å². The first-order valence-electron chi connectivity index (χ1n) is 5.23. The van der Waals surface area contributed by atoms with E-state index in [2.05, 4.69) is 10.3 Å². The minimum Gasteiger partial charge on any atom is -0.385 e. The van der Waals surface area contributed by atoms with Crippen molar-refractivity contribution in [3.8, 4) is 0 Å². The molecular formula is C11H15F3N2O. The number of halogens is 3. The quantitative estimate of drug-likeness (QED) is 0.869. The molecule has 6 heteroatoms. The molecule has 0 saturated carbocycles. The van der Waals surface area contributed by atoms with Gasteiger partial charge in [-0.1, -0.05) is 6.07 Å². The second-order valence-corrected chi connectivity index (χ2v) is 3.73. The average molecular weight is 248 g/mol. The van der Waals surface area contributed by atoms with Crippen LogP contribution in [-0.2, 0) is 10.9 Å². The number of ether oxygens (including phenoxy) is 1. The highest BCUT2D eigenvalue weighted by Crippen LogP contribution is 2.28. The maximum Gasteiger partial charge on any atom is 0.433 e. The molecular weight excluding hydrogens is 233 g/mol. The molecule has 1 unspecified atom stereocenters. The second kappa shape index (κ2) is 5.86. The maximum absolute atomic E-state index is 12.4. The summed E-state index contributed by atoms with van der Waals surface area (Å²) in [5.74, 6) is 0.225. The Morgan fingerprint density at radius 1 is 1.41 bits per heavy atom. The number of rotatable bonds is 5. The largest absolute Gasteiger partial charge is 0.433 e. The van der Waals surface area contributed by atoms with Crippen LogP contribution in [0.15, 0.2) is 18.2 Å². The molecule has 0 aliphatic rings. The molecule has 1 atom stereocenters. The van der Waals surface area contributed by atoms with Crippen molar-refractivity contribution in [3.05, 3.63) is 23.9 Å². The lowest BCUT2D eigenvalue weighted by Gasteiger charge is -2.15. The molecule has 1 aromatic heterocycles. The van der Waals surface area contributed by atoms with Crippen LogP contribution in [0.2, 0.25) is 0 Å². The molecule has 0 amide bonds. The van der Waals surface area contributed by atoms with Gasteiger partial charge >= 0.3 is 6.18 Å². The Balaban J connectivity index is 2.66. The van der Waals surface area contributed by atoms with Crippen molar-refractivity contribution in [2.75, 3.05) is 19.0 Å². The highest BCUT2D eigenvalue weighted by atomic mass is 19.4. The fraction of sp³-hybridized carbons (Fsp3) is 0.545. The molecule has 0 aliphatic carbocycles. The zero-order valence-corrected chi connectivity index (χ0v) is 9.71. The normalized spacial score (nSPS) is 13.5. The third kappa shape index (κ3) is 4.60. The van der Waals surface area contributed by atoms with Gasteiger partial charge in [-0.05, 0) is 25.5 Å². The van der Waals surface area contributed by atoms with Crippen LogP contribution in [-0.4, -0.2) is 24.7 Å². The van der Waals surface area contributed by atoms with Crippen molar-refractivity contribution in [2.24, 2.45) is 0 Å². The van der Waals surface area contributed by atoms with Gasteiger partial charge in [-0.25, -0.2) is 4.98 Å². The molecule has 3 nitrogen and oxygen atoms in total. The topological polar surface area (TPSA) is 34.1 Å². The lowest BCUT2D eigenvalue weighted by molar-refractivity contribution is -0.141. The van der Waals surface area contributed by atoms with Gasteiger partial charge in [-0.3, -0.25) is 0 Å². The molecule has 17 heavy (non-hydrogen) atoms. The van der Waals surface area contributed by atoms with E-state index in [4.69, 9.17) is 4.74 Å². The standard InChI is InChI=1S/C11H15F3N2O/c1-8(6-7-17-2)15-10-5-3-4-9(16-10)11(12,13)14/h3-5,8H,6-7H2,1-2H3,(H,15,16). The maximum atomic E-state index is 12.4. The Labute approximate surface area is 98.0 Å². The summed E-state index contributed by atoms with van der Waals surface area (Å²) >= 11 is 0. The third-order valence-electron chi connectivity index (χ3n) is 2.19. The Hall–Kier alpha value is -1.30. The fourth-order valence-corrected chi connectivity index (χ4v) is 1.29. The van der Waals surface area contributed by atoms with E-state index < -0.39 is 11.9 Å². The number of hydrogen-bond donors (Lipinski definition) is 1. The lowest BCUT2D eigenvalue weighted by atomic mass is 10.2. The van der Waals surface area contributed by atoms with Gasteiger partial charge in [0.15, 0.2) is 0 Å². The van der Waals surface area contributed by atoms with Crippen molar-refractivity contribution in [1.29, 1.82) is 0 Å². The summed E-state index contributed by atoms with van der Waals surface area (Å²) in [4.78, 5) is 3.52. The molecule has 1 aromatic rings. The smallest absolute Gasteiger partial charge is 0.385 e. The van der Waals surface area contributed by atoms with E-state index in [-0.39, 0.29) is 11.9 Å². The number of anilines is 1. The Morgan fingerprint density at radius 2 is 2.12 bits per heavy atom. The molecule has 0 bridgehead atoms. The number of alkyl halides is 3. The summed E-state index contributed by atoms with van der Waals surface area (Å²) in [7, 11) is 1.58. The minimum absolute atomic E-state index is 0.00549. The summed E-state index contributed by atoms with van der Waals surface area (Å²) < 4.78 is 42.1. The fourth-order valence-electron chi connectivity index (χ4n) is 1.29. The second-order valence-electron chi connectivity index (χ2n) is 3.73. The van der Waals surface area contributed by atoms with E-state index >= 15 is 0 Å². The predicted molar refractivity (Wildman–Crippen MR) is 58.8 cm³/mol.